The maximum absolute atomic E-state index is 14.5. The second kappa shape index (κ2) is 28.1. The van der Waals surface area contributed by atoms with Crippen molar-refractivity contribution in [3.63, 3.8) is 0 Å². The van der Waals surface area contributed by atoms with E-state index in [1.807, 2.05) is 25.3 Å². The van der Waals surface area contributed by atoms with E-state index in [0.717, 1.165) is 25.3 Å². The molecule has 4 aromatic heterocycles. The molecule has 7 rings (SSSR count). The molecule has 0 saturated heterocycles. The Kier molecular flexibility index (Phi) is 22.7. The highest BCUT2D eigenvalue weighted by atomic mass is 35.5. The largest absolute Gasteiger partial charge is 0.481 e. The van der Waals surface area contributed by atoms with Crippen LogP contribution < -0.4 is 49.9 Å². The minimum atomic E-state index is -4.46. The van der Waals surface area contributed by atoms with Crippen molar-refractivity contribution in [3.05, 3.63) is 63.8 Å². The molecule has 2 aliphatic heterocycles. The van der Waals surface area contributed by atoms with Gasteiger partial charge in [0.25, 0.3) is 21.8 Å². The van der Waals surface area contributed by atoms with Crippen LogP contribution in [-0.4, -0.2) is 158 Å². The van der Waals surface area contributed by atoms with Crippen LogP contribution in [0.15, 0.2) is 46.5 Å². The lowest BCUT2D eigenvalue weighted by Gasteiger charge is -2.28. The van der Waals surface area contributed by atoms with Gasteiger partial charge in [0.15, 0.2) is 17.5 Å². The highest BCUT2D eigenvalue weighted by Gasteiger charge is 2.32. The molecule has 5 aromatic rings. The summed E-state index contributed by atoms with van der Waals surface area (Å²) in [5.41, 5.74) is 0.490. The number of anilines is 4. The van der Waals surface area contributed by atoms with Gasteiger partial charge in [0.2, 0.25) is 39.7 Å². The number of carbonyl (C=O) groups excluding carboxylic acids is 3. The summed E-state index contributed by atoms with van der Waals surface area (Å²) in [7, 11) is -2.94. The first-order chi connectivity index (χ1) is 36.6. The summed E-state index contributed by atoms with van der Waals surface area (Å²) in [6.45, 7) is 11.3. The molecular weight excluding hydrogens is 1110 g/mol. The highest BCUT2D eigenvalue weighted by molar-refractivity contribution is 7.90. The fraction of sp³-hybridized carbons (Fsp3) is 0.409. The first-order valence-electron chi connectivity index (χ1n) is 22.8. The van der Waals surface area contributed by atoms with E-state index in [1.165, 1.54) is 86.2 Å². The lowest BCUT2D eigenvalue weighted by Crippen LogP contribution is -2.39. The Labute approximate surface area is 455 Å². The van der Waals surface area contributed by atoms with E-state index in [9.17, 15) is 36.6 Å². The molecule has 0 radical (unpaired) electrons. The number of ether oxygens (including phenoxy) is 3. The molecule has 0 unspecified atom stereocenters. The number of nitrogens with one attached hydrogen (secondary N) is 5. The van der Waals surface area contributed by atoms with E-state index < -0.39 is 59.2 Å². The molecule has 422 valence electrons. The quantitative estimate of drug-likeness (QED) is 0.0520. The maximum atomic E-state index is 14.5. The van der Waals surface area contributed by atoms with Crippen LogP contribution in [-0.2, 0) is 37.1 Å². The molecule has 4 amide bonds. The molecule has 0 bridgehead atoms. The number of pyridine rings is 1. The average Bonchev–Trinajstić information content (AvgIpc) is 3.94. The number of urea groups is 1. The molecule has 78 heavy (non-hydrogen) atoms. The number of carbonyl (C=O) groups is 4. The minimum absolute atomic E-state index is 0.0913. The van der Waals surface area contributed by atoms with Crippen molar-refractivity contribution in [3.8, 4) is 29.9 Å². The second-order valence-corrected chi connectivity index (χ2v) is 21.6. The van der Waals surface area contributed by atoms with Gasteiger partial charge < -0.3 is 49.2 Å². The Balaban J connectivity index is 0.000000241. The fourth-order valence-corrected chi connectivity index (χ4v) is 8.80. The number of hydrogen-bond donors (Lipinski definition) is 8. The Hall–Kier alpha value is -7.66. The number of benzene rings is 1. The van der Waals surface area contributed by atoms with Gasteiger partial charge in [-0.25, -0.2) is 23.9 Å². The van der Waals surface area contributed by atoms with Crippen LogP contribution in [0.1, 0.15) is 50.8 Å². The number of terminal acetylenes is 1. The lowest BCUT2D eigenvalue weighted by atomic mass is 9.92. The number of hydrogen-bond acceptors (Lipinski definition) is 22. The number of amides is 4. The average molecular weight is 1170 g/mol. The Morgan fingerprint density at radius 1 is 1.08 bits per heavy atom. The van der Waals surface area contributed by atoms with E-state index in [4.69, 9.17) is 47.1 Å². The minimum Gasteiger partial charge on any atom is -0.481 e. The first kappa shape index (κ1) is 62.9. The van der Waals surface area contributed by atoms with Gasteiger partial charge in [0.1, 0.15) is 17.3 Å². The predicted octanol–water partition coefficient (Wildman–Crippen LogP) is 2.93. The number of nitrogens with zero attached hydrogens (tertiary/aromatic N) is 11. The van der Waals surface area contributed by atoms with Crippen LogP contribution in [0.5, 0.6) is 17.5 Å². The SMILES string of the molecule is C#CCN1C(=O)COc2cc(F)c(N=c3snc4n3CC(C)(C)C4)cc21.CCNc1nc(Cl)nc(NC(C)C)n1.COc1cc(OC)nc(NC(=O)NS(=O)(=O)c2ncccc2C(=O)N(C)C)n1.O=C(O)CNCP(=O)(O)O. The van der Waals surface area contributed by atoms with Gasteiger partial charge in [-0.15, -0.1) is 6.42 Å². The Bertz CT molecular complexity index is 3220. The summed E-state index contributed by atoms with van der Waals surface area (Å²) in [5.74, 6) is 2.11. The van der Waals surface area contributed by atoms with E-state index in [0.29, 0.717) is 28.1 Å². The van der Waals surface area contributed by atoms with Crippen molar-refractivity contribution >= 4 is 93.8 Å². The van der Waals surface area contributed by atoms with Crippen LogP contribution in [0.3, 0.4) is 0 Å². The van der Waals surface area contributed by atoms with Crippen molar-refractivity contribution < 1.29 is 65.7 Å². The number of halogens is 2. The zero-order valence-corrected chi connectivity index (χ0v) is 46.7. The molecule has 0 fully saturated rings. The van der Waals surface area contributed by atoms with Gasteiger partial charge in [0, 0.05) is 63.4 Å². The third-order valence-electron chi connectivity index (χ3n) is 9.60. The fourth-order valence-electron chi connectivity index (χ4n) is 6.44. The first-order valence-corrected chi connectivity index (χ1v) is 27.2. The number of carboxylic acids is 1. The van der Waals surface area contributed by atoms with Crippen molar-refractivity contribution in [1.29, 1.82) is 0 Å². The van der Waals surface area contributed by atoms with Gasteiger partial charge in [-0.05, 0) is 56.0 Å². The zero-order chi connectivity index (χ0) is 58.1. The van der Waals surface area contributed by atoms with Crippen LogP contribution in [0.25, 0.3) is 0 Å². The standard InChI is InChI=1S/C18H17FN4O2S.C15H18N6O6S.C8H14ClN5.C3H8NO5P/c1-4-5-22-13-7-12(11(19)6-14(13)25-9-16(22)24)20-17-23-10-18(2,3)8-15(23)21-26-17;1-21(2)13(22)9-6-5-7-16-12(9)28(24,25)20-15(23)19-14-17-10(26-3)8-11(18-14)27-4;1-4-10-7-12-6(9)13-8(14-7)11-5(2)3;5-3(6)1-4-2-10(7,8)9/h1,6-7H,5,8-10H2,2-3H3;5-8H,1-4H3,(H2,17,18,19,20,23);5H,4H2,1-3H3,(H2,10,11,12,13,14);4H,1-2H2,(H,5,6)(H2,7,8,9). The van der Waals surface area contributed by atoms with Gasteiger partial charge >= 0.3 is 19.6 Å². The summed E-state index contributed by atoms with van der Waals surface area (Å²) in [5, 5.41) is 17.8. The molecule has 6 heterocycles. The van der Waals surface area contributed by atoms with Gasteiger partial charge in [-0.3, -0.25) is 34.5 Å². The second-order valence-electron chi connectivity index (χ2n) is 17.3. The zero-order valence-electron chi connectivity index (χ0n) is 43.4. The predicted molar refractivity (Wildman–Crippen MR) is 283 cm³/mol. The molecule has 0 atom stereocenters. The Morgan fingerprint density at radius 2 is 1.74 bits per heavy atom. The van der Waals surface area contributed by atoms with Crippen molar-refractivity contribution in [2.24, 2.45) is 10.4 Å². The topological polar surface area (TPSA) is 382 Å². The normalized spacial score (nSPS) is 13.3. The van der Waals surface area contributed by atoms with Crippen molar-refractivity contribution in [1.82, 2.24) is 53.8 Å². The van der Waals surface area contributed by atoms with E-state index in [2.05, 4.69) is 80.3 Å². The number of rotatable bonds is 16. The summed E-state index contributed by atoms with van der Waals surface area (Å²) in [4.78, 5) is 93.6. The Morgan fingerprint density at radius 3 is 2.33 bits per heavy atom. The number of sulfonamides is 1. The third-order valence-corrected chi connectivity index (χ3v) is 12.5. The number of fused-ring (bicyclic) bond motifs is 2. The van der Waals surface area contributed by atoms with Gasteiger partial charge in [0.05, 0.1) is 50.9 Å². The van der Waals surface area contributed by atoms with Crippen molar-refractivity contribution in [2.75, 3.05) is 81.7 Å². The molecule has 0 spiro atoms. The number of methoxy groups -OCH3 is 2. The van der Waals surface area contributed by atoms with Gasteiger partial charge in [-0.1, -0.05) is 19.8 Å². The summed E-state index contributed by atoms with van der Waals surface area (Å²) in [6, 6.07) is 5.93. The smallest absolute Gasteiger partial charge is 0.339 e. The van der Waals surface area contributed by atoms with Crippen LogP contribution in [0.2, 0.25) is 5.28 Å². The molecule has 34 heteroatoms. The third kappa shape index (κ3) is 19.1. The molecular formula is C44H57ClFN16O13PS2. The molecule has 29 nitrogen and oxygen atoms in total. The summed E-state index contributed by atoms with van der Waals surface area (Å²) in [6.07, 6.45) is 6.81. The van der Waals surface area contributed by atoms with Gasteiger partial charge in [-0.2, -0.15) is 37.7 Å². The van der Waals surface area contributed by atoms with Crippen molar-refractivity contribution in [2.45, 2.75) is 58.7 Å². The molecule has 2 aliphatic rings. The van der Waals surface area contributed by atoms with Crippen LogP contribution >= 0.6 is 30.7 Å². The summed E-state index contributed by atoms with van der Waals surface area (Å²) < 4.78 is 73.1. The van der Waals surface area contributed by atoms with Crippen LogP contribution in [0, 0.1) is 23.6 Å². The van der Waals surface area contributed by atoms with Crippen LogP contribution in [0.4, 0.5) is 38.4 Å². The molecule has 8 N–H and O–H groups in total. The summed E-state index contributed by atoms with van der Waals surface area (Å²) >= 11 is 6.97. The number of carboxylic acid groups (broad SMARTS) is 1. The number of aromatic nitrogens is 8. The van der Waals surface area contributed by atoms with E-state index in [1.54, 1.807) is 4.72 Å². The molecule has 0 aliphatic carbocycles. The van der Waals surface area contributed by atoms with E-state index >= 15 is 0 Å². The highest BCUT2D eigenvalue weighted by Crippen LogP contribution is 2.38. The maximum Gasteiger partial charge on any atom is 0.339 e. The van der Waals surface area contributed by atoms with E-state index in [-0.39, 0.29) is 64.8 Å². The lowest BCUT2D eigenvalue weighted by molar-refractivity contribution is -0.135. The number of aliphatic carboxylic acids is 1. The molecule has 1 aromatic carbocycles. The monoisotopic (exact) mass is 1170 g/mol. The molecule has 0 saturated carbocycles.